The number of halogens is 1. The summed E-state index contributed by atoms with van der Waals surface area (Å²) in [7, 11) is -3.46. The lowest BCUT2D eigenvalue weighted by Crippen LogP contribution is -2.40. The fourth-order valence-corrected chi connectivity index (χ4v) is 4.65. The van der Waals surface area contributed by atoms with Gasteiger partial charge in [0, 0.05) is 11.9 Å². The Hall–Kier alpha value is -0.400. The molecule has 1 heterocycles. The van der Waals surface area contributed by atoms with E-state index in [9.17, 15) is 8.42 Å². The van der Waals surface area contributed by atoms with Crippen LogP contribution in [0.1, 0.15) is 37.8 Å². The molecule has 5 nitrogen and oxygen atoms in total. The van der Waals surface area contributed by atoms with Crippen molar-refractivity contribution in [2.75, 3.05) is 11.9 Å². The lowest BCUT2D eigenvalue weighted by molar-refractivity contribution is 0.227. The molecule has 1 aliphatic rings. The fourth-order valence-electron chi connectivity index (χ4n) is 2.60. The van der Waals surface area contributed by atoms with Gasteiger partial charge in [0.05, 0.1) is 11.9 Å². The third-order valence-corrected chi connectivity index (χ3v) is 6.61. The van der Waals surface area contributed by atoms with E-state index >= 15 is 0 Å². The van der Waals surface area contributed by atoms with Crippen molar-refractivity contribution in [3.05, 3.63) is 11.9 Å². The van der Waals surface area contributed by atoms with Crippen molar-refractivity contribution < 1.29 is 8.42 Å². The van der Waals surface area contributed by atoms with E-state index in [0.717, 1.165) is 18.2 Å². The Morgan fingerprint density at radius 3 is 2.63 bits per heavy atom. The monoisotopic (exact) mass is 349 g/mol. The van der Waals surface area contributed by atoms with E-state index < -0.39 is 10.0 Å². The molecule has 19 heavy (non-hydrogen) atoms. The maximum atomic E-state index is 12.2. The van der Waals surface area contributed by atoms with Gasteiger partial charge in [0.25, 0.3) is 0 Å². The summed E-state index contributed by atoms with van der Waals surface area (Å²) in [5, 5.41) is 7.26. The maximum Gasteiger partial charge on any atom is 0.243 e. The number of hydrogen-bond donors (Lipinski definition) is 2. The molecule has 1 saturated carbocycles. The zero-order chi connectivity index (χ0) is 13.9. The van der Waals surface area contributed by atoms with Crippen LogP contribution in [0, 0.1) is 12.3 Å². The molecular weight excluding hydrogens is 330 g/mol. The van der Waals surface area contributed by atoms with Crippen LogP contribution in [0.3, 0.4) is 0 Å². The normalized spacial score (nSPS) is 19.5. The van der Waals surface area contributed by atoms with E-state index in [0.29, 0.717) is 12.2 Å². The van der Waals surface area contributed by atoms with Crippen molar-refractivity contribution in [2.45, 2.75) is 43.9 Å². The quantitative estimate of drug-likeness (QED) is 0.801. The van der Waals surface area contributed by atoms with Crippen molar-refractivity contribution in [1.29, 1.82) is 0 Å². The first-order valence-electron chi connectivity index (χ1n) is 6.55. The molecule has 1 fully saturated rings. The van der Waals surface area contributed by atoms with Crippen molar-refractivity contribution in [3.63, 3.8) is 0 Å². The van der Waals surface area contributed by atoms with Crippen molar-refractivity contribution in [3.8, 4) is 0 Å². The number of aromatic nitrogens is 2. The number of hydrogen-bond acceptors (Lipinski definition) is 3. The highest BCUT2D eigenvalue weighted by atomic mass is 79.9. The van der Waals surface area contributed by atoms with E-state index in [-0.39, 0.29) is 10.3 Å². The number of sulfonamides is 1. The van der Waals surface area contributed by atoms with Crippen LogP contribution < -0.4 is 4.72 Å². The van der Waals surface area contributed by atoms with Gasteiger partial charge in [0.1, 0.15) is 4.90 Å². The van der Waals surface area contributed by atoms with Crippen LogP contribution in [0.2, 0.25) is 0 Å². The summed E-state index contributed by atoms with van der Waals surface area (Å²) in [6.45, 7) is 2.20. The summed E-state index contributed by atoms with van der Waals surface area (Å²) in [5.41, 5.74) is 0.632. The first-order valence-corrected chi connectivity index (χ1v) is 9.15. The van der Waals surface area contributed by atoms with E-state index in [2.05, 4.69) is 30.8 Å². The Balaban J connectivity index is 2.07. The average Bonchev–Trinajstić information content (AvgIpc) is 2.85. The highest BCUT2D eigenvalue weighted by Crippen LogP contribution is 2.37. The molecule has 1 aromatic heterocycles. The predicted octanol–water partition coefficient (Wildman–Crippen LogP) is 2.34. The molecule has 1 aliphatic carbocycles. The molecule has 0 unspecified atom stereocenters. The minimum absolute atomic E-state index is 0.0585. The molecule has 0 amide bonds. The molecule has 0 radical (unpaired) electrons. The number of nitrogens with zero attached hydrogens (tertiary/aromatic N) is 1. The first-order chi connectivity index (χ1) is 8.99. The van der Waals surface area contributed by atoms with Crippen LogP contribution in [0.25, 0.3) is 0 Å². The molecule has 7 heteroatoms. The summed E-state index contributed by atoms with van der Waals surface area (Å²) in [6.07, 6.45) is 7.12. The van der Waals surface area contributed by atoms with Crippen molar-refractivity contribution in [1.82, 2.24) is 14.9 Å². The van der Waals surface area contributed by atoms with Crippen LogP contribution in [-0.2, 0) is 10.0 Å². The van der Waals surface area contributed by atoms with Crippen molar-refractivity contribution in [2.24, 2.45) is 5.41 Å². The van der Waals surface area contributed by atoms with Gasteiger partial charge in [0.15, 0.2) is 0 Å². The van der Waals surface area contributed by atoms with Crippen LogP contribution >= 0.6 is 15.9 Å². The van der Waals surface area contributed by atoms with Crippen LogP contribution in [-0.4, -0.2) is 30.5 Å². The highest BCUT2D eigenvalue weighted by molar-refractivity contribution is 9.09. The van der Waals surface area contributed by atoms with Gasteiger partial charge in [0.2, 0.25) is 10.0 Å². The topological polar surface area (TPSA) is 74.8 Å². The lowest BCUT2D eigenvalue weighted by Gasteiger charge is -2.35. The van der Waals surface area contributed by atoms with Gasteiger partial charge in [-0.15, -0.1) is 0 Å². The SMILES string of the molecule is Cc1[nH]ncc1S(=O)(=O)NCC1(CBr)CCCCC1. The zero-order valence-corrected chi connectivity index (χ0v) is 13.5. The zero-order valence-electron chi connectivity index (χ0n) is 11.1. The predicted molar refractivity (Wildman–Crippen MR) is 77.8 cm³/mol. The highest BCUT2D eigenvalue weighted by Gasteiger charge is 2.32. The molecule has 0 bridgehead atoms. The summed E-state index contributed by atoms with van der Waals surface area (Å²) in [6, 6.07) is 0. The Morgan fingerprint density at radius 1 is 1.42 bits per heavy atom. The van der Waals surface area contributed by atoms with Gasteiger partial charge >= 0.3 is 0 Å². The molecule has 1 aromatic rings. The van der Waals surface area contributed by atoms with Gasteiger partial charge in [-0.25, -0.2) is 13.1 Å². The summed E-state index contributed by atoms with van der Waals surface area (Å²) >= 11 is 3.55. The summed E-state index contributed by atoms with van der Waals surface area (Å²) in [5.74, 6) is 0. The van der Waals surface area contributed by atoms with E-state index in [1.54, 1.807) is 6.92 Å². The Bertz CT molecular complexity index is 521. The second-order valence-electron chi connectivity index (χ2n) is 5.38. The van der Waals surface area contributed by atoms with E-state index in [1.165, 1.54) is 25.5 Å². The van der Waals surface area contributed by atoms with Gasteiger partial charge in [-0.2, -0.15) is 5.10 Å². The minimum Gasteiger partial charge on any atom is -0.281 e. The molecule has 0 aliphatic heterocycles. The maximum absolute atomic E-state index is 12.2. The Kier molecular flexibility index (Phi) is 4.68. The second kappa shape index (κ2) is 5.93. The Morgan fingerprint density at radius 2 is 2.11 bits per heavy atom. The number of rotatable bonds is 5. The third-order valence-electron chi connectivity index (χ3n) is 3.91. The smallest absolute Gasteiger partial charge is 0.243 e. The largest absolute Gasteiger partial charge is 0.281 e. The first kappa shape index (κ1) is 15.0. The molecule has 0 spiro atoms. The number of H-pyrrole nitrogens is 1. The Labute approximate surface area is 122 Å². The van der Waals surface area contributed by atoms with E-state index in [1.807, 2.05) is 0 Å². The standard InChI is InChI=1S/C12H20BrN3O2S/c1-10-11(7-14-16-10)19(17,18)15-9-12(8-13)5-3-2-4-6-12/h7,15H,2-6,8-9H2,1H3,(H,14,16). The second-order valence-corrected chi connectivity index (χ2v) is 7.67. The third kappa shape index (κ3) is 3.38. The average molecular weight is 350 g/mol. The molecule has 2 rings (SSSR count). The van der Waals surface area contributed by atoms with Gasteiger partial charge < -0.3 is 0 Å². The minimum atomic E-state index is -3.46. The van der Waals surface area contributed by atoms with Crippen LogP contribution in [0.15, 0.2) is 11.1 Å². The van der Waals surface area contributed by atoms with Gasteiger partial charge in [-0.1, -0.05) is 35.2 Å². The molecule has 2 N–H and O–H groups in total. The van der Waals surface area contributed by atoms with Crippen LogP contribution in [0.4, 0.5) is 0 Å². The molecule has 0 saturated heterocycles. The molecule has 108 valence electrons. The number of aryl methyl sites for hydroxylation is 1. The number of aromatic amines is 1. The van der Waals surface area contributed by atoms with E-state index in [4.69, 9.17) is 0 Å². The molecular formula is C12H20BrN3O2S. The number of alkyl halides is 1. The molecule has 0 atom stereocenters. The van der Waals surface area contributed by atoms with Gasteiger partial charge in [-0.05, 0) is 25.2 Å². The lowest BCUT2D eigenvalue weighted by atomic mass is 9.76. The fraction of sp³-hybridized carbons (Fsp3) is 0.750. The van der Waals surface area contributed by atoms with Gasteiger partial charge in [-0.3, -0.25) is 5.10 Å². The van der Waals surface area contributed by atoms with Crippen LogP contribution in [0.5, 0.6) is 0 Å². The van der Waals surface area contributed by atoms with Crippen molar-refractivity contribution >= 4 is 26.0 Å². The number of nitrogens with one attached hydrogen (secondary N) is 2. The summed E-state index contributed by atoms with van der Waals surface area (Å²) in [4.78, 5) is 0.244. The molecule has 0 aromatic carbocycles. The summed E-state index contributed by atoms with van der Waals surface area (Å²) < 4.78 is 27.2.